The van der Waals surface area contributed by atoms with Gasteiger partial charge in [0.2, 0.25) is 0 Å². The Morgan fingerprint density at radius 2 is 1.72 bits per heavy atom. The summed E-state index contributed by atoms with van der Waals surface area (Å²) >= 11 is 0. The van der Waals surface area contributed by atoms with Gasteiger partial charge in [0.15, 0.2) is 0 Å². The smallest absolute Gasteiger partial charge is 0.349 e. The van der Waals surface area contributed by atoms with Crippen LogP contribution in [0.3, 0.4) is 0 Å². The first-order chi connectivity index (χ1) is 13.9. The molecule has 1 saturated heterocycles. The summed E-state index contributed by atoms with van der Waals surface area (Å²) in [4.78, 5) is 36.0. The molecule has 1 aromatic heterocycles. The number of rotatable bonds is 3. The van der Waals surface area contributed by atoms with E-state index in [2.05, 4.69) is 0 Å². The van der Waals surface area contributed by atoms with Crippen LogP contribution in [0.2, 0.25) is 0 Å². The van der Waals surface area contributed by atoms with Gasteiger partial charge in [-0.15, -0.1) is 0 Å². The summed E-state index contributed by atoms with van der Waals surface area (Å²) in [7, 11) is 0. The summed E-state index contributed by atoms with van der Waals surface area (Å²) < 4.78 is 16.6. The summed E-state index contributed by atoms with van der Waals surface area (Å²) in [6.45, 7) is 1.81. The molecule has 7 heteroatoms. The van der Waals surface area contributed by atoms with Gasteiger partial charge in [-0.1, -0.05) is 18.6 Å². The molecule has 150 valence electrons. The molecule has 2 aromatic rings. The average Bonchev–Trinajstić information content (AvgIpc) is 3.14. The van der Waals surface area contributed by atoms with E-state index in [9.17, 15) is 19.5 Å². The number of ether oxygens (including phenoxy) is 2. The number of aromatic carboxylic acids is 1. The van der Waals surface area contributed by atoms with Crippen molar-refractivity contribution >= 4 is 24.0 Å². The summed E-state index contributed by atoms with van der Waals surface area (Å²) in [6, 6.07) is 7.78. The van der Waals surface area contributed by atoms with Gasteiger partial charge in [0.05, 0.1) is 5.97 Å². The number of carbonyl (C=O) groups excluding carboxylic acids is 3. The first-order valence-corrected chi connectivity index (χ1v) is 9.47. The quantitative estimate of drug-likeness (QED) is 0.447. The van der Waals surface area contributed by atoms with Crippen molar-refractivity contribution in [3.8, 4) is 11.3 Å². The molecule has 1 spiro atoms. The Balaban J connectivity index is 1.60. The number of carboxylic acids is 1. The van der Waals surface area contributed by atoms with Crippen LogP contribution in [0.5, 0.6) is 0 Å². The monoisotopic (exact) mass is 395 g/mol. The number of aryl methyl sites for hydroxylation is 1. The summed E-state index contributed by atoms with van der Waals surface area (Å²) in [5, 5.41) is 11.1. The van der Waals surface area contributed by atoms with Crippen molar-refractivity contribution in [2.24, 2.45) is 0 Å². The van der Waals surface area contributed by atoms with Crippen LogP contribution in [0, 0.1) is 6.92 Å². The minimum Gasteiger partial charge on any atom is -0.545 e. The zero-order chi connectivity index (χ0) is 20.6. The molecule has 0 N–H and O–H groups in total. The van der Waals surface area contributed by atoms with Gasteiger partial charge < -0.3 is 23.8 Å². The Morgan fingerprint density at radius 1 is 1.03 bits per heavy atom. The number of carboxylic acid groups (broad SMARTS) is 1. The van der Waals surface area contributed by atoms with E-state index in [1.807, 2.05) is 6.92 Å². The molecule has 1 aliphatic heterocycles. The summed E-state index contributed by atoms with van der Waals surface area (Å²) in [5.74, 6) is -3.22. The van der Waals surface area contributed by atoms with Crippen LogP contribution in [-0.4, -0.2) is 23.7 Å². The molecule has 1 saturated carbocycles. The van der Waals surface area contributed by atoms with E-state index in [4.69, 9.17) is 13.9 Å². The Labute approximate surface area is 166 Å². The molecule has 0 radical (unpaired) electrons. The lowest BCUT2D eigenvalue weighted by Crippen LogP contribution is -2.47. The Bertz CT molecular complexity index is 1000. The van der Waals surface area contributed by atoms with E-state index in [1.54, 1.807) is 18.2 Å². The van der Waals surface area contributed by atoms with E-state index in [0.717, 1.165) is 24.8 Å². The van der Waals surface area contributed by atoms with Gasteiger partial charge in [0, 0.05) is 24.5 Å². The normalized spacial score (nSPS) is 18.3. The third-order valence-electron chi connectivity index (χ3n) is 5.26. The minimum atomic E-state index is -1.29. The van der Waals surface area contributed by atoms with Crippen LogP contribution in [0.25, 0.3) is 17.4 Å². The number of hydrogen-bond acceptors (Lipinski definition) is 7. The third-order valence-corrected chi connectivity index (χ3v) is 5.26. The minimum absolute atomic E-state index is 0.0270. The summed E-state index contributed by atoms with van der Waals surface area (Å²) in [6.07, 6.45) is 5.00. The van der Waals surface area contributed by atoms with E-state index >= 15 is 0 Å². The average molecular weight is 395 g/mol. The van der Waals surface area contributed by atoms with Crippen molar-refractivity contribution < 1.29 is 33.4 Å². The van der Waals surface area contributed by atoms with Crippen LogP contribution in [-0.2, 0) is 19.1 Å². The maximum atomic E-state index is 12.4. The third kappa shape index (κ3) is 3.68. The van der Waals surface area contributed by atoms with Crippen molar-refractivity contribution in [3.05, 3.63) is 52.8 Å². The highest BCUT2D eigenvalue weighted by Crippen LogP contribution is 2.37. The largest absolute Gasteiger partial charge is 0.545 e. The SMILES string of the molecule is Cc1ccc(C(=O)[O-])cc1-c1ccc(C=C2C(=O)OC3(CCCCC3)OC2=O)o1. The highest BCUT2D eigenvalue weighted by Gasteiger charge is 2.46. The van der Waals surface area contributed by atoms with Gasteiger partial charge in [-0.05, 0) is 49.1 Å². The van der Waals surface area contributed by atoms with Crippen LogP contribution in [0.4, 0.5) is 0 Å². The van der Waals surface area contributed by atoms with Crippen LogP contribution >= 0.6 is 0 Å². The topological polar surface area (TPSA) is 106 Å². The lowest BCUT2D eigenvalue weighted by molar-refractivity contribution is -0.255. The molecule has 1 aromatic carbocycles. The molecule has 2 aliphatic rings. The number of esters is 2. The van der Waals surface area contributed by atoms with Gasteiger partial charge in [0.25, 0.3) is 5.79 Å². The molecule has 0 atom stereocenters. The fourth-order valence-electron chi connectivity index (χ4n) is 3.70. The molecule has 1 aliphatic carbocycles. The maximum absolute atomic E-state index is 12.4. The van der Waals surface area contributed by atoms with Crippen molar-refractivity contribution in [2.45, 2.75) is 44.8 Å². The molecule has 2 heterocycles. The molecule has 0 bridgehead atoms. The van der Waals surface area contributed by atoms with Gasteiger partial charge in [-0.25, -0.2) is 9.59 Å². The second kappa shape index (κ2) is 7.24. The predicted molar refractivity (Wildman–Crippen MR) is 99.2 cm³/mol. The zero-order valence-corrected chi connectivity index (χ0v) is 15.9. The molecule has 0 amide bonds. The molecular formula is C22H19O7-. The van der Waals surface area contributed by atoms with E-state index in [0.29, 0.717) is 24.2 Å². The number of benzene rings is 1. The second-order valence-electron chi connectivity index (χ2n) is 7.33. The Kier molecular flexibility index (Phi) is 4.74. The second-order valence-corrected chi connectivity index (χ2v) is 7.33. The zero-order valence-electron chi connectivity index (χ0n) is 15.9. The van der Waals surface area contributed by atoms with E-state index < -0.39 is 23.7 Å². The fraction of sp³-hybridized carbons (Fsp3) is 0.318. The molecule has 0 unspecified atom stereocenters. The Hall–Kier alpha value is -3.35. The fourth-order valence-corrected chi connectivity index (χ4v) is 3.70. The molecular weight excluding hydrogens is 376 g/mol. The van der Waals surface area contributed by atoms with Gasteiger partial charge in [-0.3, -0.25) is 0 Å². The highest BCUT2D eigenvalue weighted by atomic mass is 16.7. The van der Waals surface area contributed by atoms with Gasteiger partial charge in [0.1, 0.15) is 17.1 Å². The number of hydrogen-bond donors (Lipinski definition) is 0. The van der Waals surface area contributed by atoms with Crippen molar-refractivity contribution in [1.29, 1.82) is 0 Å². The predicted octanol–water partition coefficient (Wildman–Crippen LogP) is 2.76. The maximum Gasteiger partial charge on any atom is 0.349 e. The molecule has 4 rings (SSSR count). The van der Waals surface area contributed by atoms with Crippen LogP contribution in [0.15, 0.2) is 40.3 Å². The standard InChI is InChI=1S/C22H20O7/c1-13-5-6-14(19(23)24)11-16(13)18-8-7-15(27-18)12-17-20(25)28-22(29-21(17)26)9-3-2-4-10-22/h5-8,11-12H,2-4,9-10H2,1H3,(H,23,24)/p-1. The van der Waals surface area contributed by atoms with Gasteiger partial charge in [-0.2, -0.15) is 0 Å². The Morgan fingerprint density at radius 3 is 2.38 bits per heavy atom. The highest BCUT2D eigenvalue weighted by molar-refractivity contribution is 6.18. The first-order valence-electron chi connectivity index (χ1n) is 9.47. The van der Waals surface area contributed by atoms with Crippen LogP contribution in [0.1, 0.15) is 53.8 Å². The number of carbonyl (C=O) groups is 3. The van der Waals surface area contributed by atoms with Crippen molar-refractivity contribution in [2.75, 3.05) is 0 Å². The van der Waals surface area contributed by atoms with E-state index in [-0.39, 0.29) is 16.9 Å². The summed E-state index contributed by atoms with van der Waals surface area (Å²) in [5.41, 5.74) is 1.17. The molecule has 2 fully saturated rings. The number of furan rings is 1. The van der Waals surface area contributed by atoms with Crippen molar-refractivity contribution in [3.63, 3.8) is 0 Å². The lowest BCUT2D eigenvalue weighted by Gasteiger charge is -2.38. The van der Waals surface area contributed by atoms with Crippen LogP contribution < -0.4 is 5.11 Å². The van der Waals surface area contributed by atoms with Gasteiger partial charge >= 0.3 is 11.9 Å². The molecule has 7 nitrogen and oxygen atoms in total. The molecule has 29 heavy (non-hydrogen) atoms. The lowest BCUT2D eigenvalue weighted by atomic mass is 9.93. The van der Waals surface area contributed by atoms with E-state index in [1.165, 1.54) is 18.2 Å². The van der Waals surface area contributed by atoms with Crippen molar-refractivity contribution in [1.82, 2.24) is 0 Å². The first kappa shape index (κ1) is 19.0.